The summed E-state index contributed by atoms with van der Waals surface area (Å²) >= 11 is 9.45. The van der Waals surface area contributed by atoms with Gasteiger partial charge in [-0.15, -0.1) is 0 Å². The highest BCUT2D eigenvalue weighted by Crippen LogP contribution is 2.22. The average molecular weight is 332 g/mol. The highest BCUT2D eigenvalue weighted by atomic mass is 79.9. The first-order valence-electron chi connectivity index (χ1n) is 5.54. The van der Waals surface area contributed by atoms with Gasteiger partial charge in [-0.05, 0) is 17.7 Å². The Hall–Kier alpha value is -1.07. The van der Waals surface area contributed by atoms with Crippen LogP contribution in [-0.2, 0) is 16.1 Å². The Labute approximate surface area is 118 Å². The van der Waals surface area contributed by atoms with Crippen molar-refractivity contribution in [3.63, 3.8) is 0 Å². The van der Waals surface area contributed by atoms with Crippen LogP contribution in [0.15, 0.2) is 22.7 Å². The van der Waals surface area contributed by atoms with E-state index in [0.29, 0.717) is 24.5 Å². The van der Waals surface area contributed by atoms with Crippen molar-refractivity contribution >= 4 is 39.3 Å². The highest BCUT2D eigenvalue weighted by molar-refractivity contribution is 9.10. The lowest BCUT2D eigenvalue weighted by Gasteiger charge is -2.20. The number of hydrogen-bond acceptors (Lipinski definition) is 2. The molecule has 0 aromatic heterocycles. The summed E-state index contributed by atoms with van der Waals surface area (Å²) in [6, 6.07) is 5.55. The van der Waals surface area contributed by atoms with E-state index in [1.165, 1.54) is 0 Å². The Morgan fingerprint density at radius 1 is 1.39 bits per heavy atom. The van der Waals surface area contributed by atoms with E-state index in [9.17, 15) is 9.59 Å². The summed E-state index contributed by atoms with van der Waals surface area (Å²) in [4.78, 5) is 24.7. The van der Waals surface area contributed by atoms with Crippen molar-refractivity contribution in [2.75, 3.05) is 13.1 Å². The molecule has 1 saturated heterocycles. The predicted octanol–water partition coefficient (Wildman–Crippen LogP) is 1.95. The summed E-state index contributed by atoms with van der Waals surface area (Å²) < 4.78 is 0.898. The third-order valence-corrected chi connectivity index (χ3v) is 3.62. The molecule has 0 aliphatic carbocycles. The van der Waals surface area contributed by atoms with Crippen LogP contribution >= 0.6 is 27.5 Å². The van der Waals surface area contributed by atoms with E-state index in [4.69, 9.17) is 11.6 Å². The number of benzene rings is 1. The molecule has 1 heterocycles. The Morgan fingerprint density at radius 3 is 2.89 bits per heavy atom. The number of halogens is 2. The van der Waals surface area contributed by atoms with E-state index in [0.717, 1.165) is 10.0 Å². The molecular weight excluding hydrogens is 320 g/mol. The number of hydrogen-bond donors (Lipinski definition) is 1. The van der Waals surface area contributed by atoms with Gasteiger partial charge in [0.2, 0.25) is 11.8 Å². The molecular formula is C12H12BrClN2O2. The zero-order valence-electron chi connectivity index (χ0n) is 9.58. The molecule has 2 amide bonds. The van der Waals surface area contributed by atoms with E-state index in [-0.39, 0.29) is 18.4 Å². The molecule has 96 valence electrons. The maximum absolute atomic E-state index is 11.8. The molecule has 0 unspecified atom stereocenters. The van der Waals surface area contributed by atoms with Gasteiger partial charge in [0.25, 0.3) is 0 Å². The Kier molecular flexibility index (Phi) is 4.24. The fourth-order valence-electron chi connectivity index (χ4n) is 1.76. The van der Waals surface area contributed by atoms with E-state index in [1.54, 1.807) is 11.0 Å². The summed E-state index contributed by atoms with van der Waals surface area (Å²) in [6.07, 6.45) is 0.333. The first-order chi connectivity index (χ1) is 8.56. The van der Waals surface area contributed by atoms with Crippen molar-refractivity contribution in [1.29, 1.82) is 0 Å². The summed E-state index contributed by atoms with van der Waals surface area (Å²) in [5.41, 5.74) is 0.877. The molecule has 6 heteroatoms. The van der Waals surface area contributed by atoms with E-state index >= 15 is 0 Å². The first-order valence-corrected chi connectivity index (χ1v) is 6.72. The van der Waals surface area contributed by atoms with Gasteiger partial charge >= 0.3 is 0 Å². The quantitative estimate of drug-likeness (QED) is 0.900. The molecule has 1 fully saturated rings. The third-order valence-electron chi connectivity index (χ3n) is 2.77. The summed E-state index contributed by atoms with van der Waals surface area (Å²) in [5.74, 6) is -0.174. The molecule has 1 N–H and O–H groups in total. The predicted molar refractivity (Wildman–Crippen MR) is 72.2 cm³/mol. The van der Waals surface area contributed by atoms with Crippen LogP contribution in [-0.4, -0.2) is 29.8 Å². The third kappa shape index (κ3) is 3.23. The first kappa shape index (κ1) is 13.4. The molecule has 0 saturated carbocycles. The molecule has 4 nitrogen and oxygen atoms in total. The highest BCUT2D eigenvalue weighted by Gasteiger charge is 2.20. The number of carbonyl (C=O) groups excluding carboxylic acids is 2. The van der Waals surface area contributed by atoms with Gasteiger partial charge in [0.15, 0.2) is 0 Å². The molecule has 18 heavy (non-hydrogen) atoms. The second-order valence-electron chi connectivity index (χ2n) is 4.08. The van der Waals surface area contributed by atoms with Crippen LogP contribution in [0.2, 0.25) is 5.02 Å². The zero-order valence-corrected chi connectivity index (χ0v) is 11.9. The number of nitrogens with one attached hydrogen (secondary N) is 1. The Balaban J connectivity index is 2.12. The van der Waals surface area contributed by atoms with Gasteiger partial charge in [-0.2, -0.15) is 0 Å². The second kappa shape index (κ2) is 5.71. The van der Waals surface area contributed by atoms with Gasteiger partial charge < -0.3 is 10.2 Å². The fourth-order valence-corrected chi connectivity index (χ4v) is 2.49. The van der Waals surface area contributed by atoms with Crippen molar-refractivity contribution in [3.05, 3.63) is 33.3 Å². The molecule has 0 spiro atoms. The molecule has 1 aromatic carbocycles. The molecule has 0 radical (unpaired) electrons. The lowest BCUT2D eigenvalue weighted by molar-refractivity contribution is -0.130. The van der Waals surface area contributed by atoms with Crippen LogP contribution in [0.25, 0.3) is 0 Å². The van der Waals surface area contributed by atoms with Crippen LogP contribution in [0.1, 0.15) is 12.0 Å². The van der Waals surface area contributed by atoms with Gasteiger partial charge in [-0.25, -0.2) is 0 Å². The van der Waals surface area contributed by atoms with Crippen LogP contribution < -0.4 is 5.32 Å². The molecule has 0 atom stereocenters. The zero-order chi connectivity index (χ0) is 13.1. The van der Waals surface area contributed by atoms with Crippen molar-refractivity contribution in [3.8, 4) is 0 Å². The van der Waals surface area contributed by atoms with E-state index in [2.05, 4.69) is 21.2 Å². The van der Waals surface area contributed by atoms with E-state index in [1.807, 2.05) is 12.1 Å². The second-order valence-corrected chi connectivity index (χ2v) is 5.40. The molecule has 1 aliphatic rings. The van der Waals surface area contributed by atoms with Gasteiger partial charge in [-0.1, -0.05) is 33.6 Å². The van der Waals surface area contributed by atoms with Gasteiger partial charge in [0, 0.05) is 29.0 Å². The molecule has 1 aliphatic heterocycles. The van der Waals surface area contributed by atoms with Crippen molar-refractivity contribution in [1.82, 2.24) is 10.2 Å². The lowest BCUT2D eigenvalue weighted by atomic mass is 10.2. The summed E-state index contributed by atoms with van der Waals surface area (Å²) in [7, 11) is 0. The lowest BCUT2D eigenvalue weighted by Crippen LogP contribution is -2.34. The maximum atomic E-state index is 11.8. The van der Waals surface area contributed by atoms with Crippen molar-refractivity contribution in [2.24, 2.45) is 0 Å². The van der Waals surface area contributed by atoms with E-state index < -0.39 is 0 Å². The van der Waals surface area contributed by atoms with Crippen LogP contribution in [0.4, 0.5) is 0 Å². The minimum atomic E-state index is -0.0900. The standard InChI is InChI=1S/C12H12BrClN2O2/c13-9-2-1-8(10(14)5-9)7-16-4-3-11(17)15-6-12(16)18/h1-2,5H,3-4,6-7H2,(H,15,17). The minimum Gasteiger partial charge on any atom is -0.347 e. The van der Waals surface area contributed by atoms with Crippen LogP contribution in [0.5, 0.6) is 0 Å². The topological polar surface area (TPSA) is 49.4 Å². The van der Waals surface area contributed by atoms with Crippen molar-refractivity contribution in [2.45, 2.75) is 13.0 Å². The summed E-state index contributed by atoms with van der Waals surface area (Å²) in [6.45, 7) is 0.921. The van der Waals surface area contributed by atoms with Crippen LogP contribution in [0.3, 0.4) is 0 Å². The SMILES string of the molecule is O=C1CCN(Cc2ccc(Br)cc2Cl)C(=O)CN1. The number of carbonyl (C=O) groups is 2. The van der Waals surface area contributed by atoms with Gasteiger partial charge in [0.05, 0.1) is 6.54 Å². The molecule has 1 aromatic rings. The smallest absolute Gasteiger partial charge is 0.242 e. The minimum absolute atomic E-state index is 0.0625. The van der Waals surface area contributed by atoms with Crippen molar-refractivity contribution < 1.29 is 9.59 Å². The maximum Gasteiger partial charge on any atom is 0.242 e. The largest absolute Gasteiger partial charge is 0.347 e. The average Bonchev–Trinajstić information content (AvgIpc) is 2.47. The van der Waals surface area contributed by atoms with Gasteiger partial charge in [-0.3, -0.25) is 9.59 Å². The number of nitrogens with zero attached hydrogens (tertiary/aromatic N) is 1. The number of amides is 2. The fraction of sp³-hybridized carbons (Fsp3) is 0.333. The molecule has 0 bridgehead atoms. The molecule has 2 rings (SSSR count). The monoisotopic (exact) mass is 330 g/mol. The number of rotatable bonds is 2. The normalized spacial score (nSPS) is 16.4. The van der Waals surface area contributed by atoms with Crippen LogP contribution in [0, 0.1) is 0 Å². The Morgan fingerprint density at radius 2 is 2.17 bits per heavy atom. The summed E-state index contributed by atoms with van der Waals surface area (Å²) in [5, 5.41) is 3.17. The Bertz CT molecular complexity index is 493. The van der Waals surface area contributed by atoms with Gasteiger partial charge in [0.1, 0.15) is 0 Å².